The minimum Gasteiger partial charge on any atom is -0.208 e. The molecule has 0 fully saturated rings. The van der Waals surface area contributed by atoms with Gasteiger partial charge in [0.15, 0.2) is 0 Å². The first kappa shape index (κ1) is 11.8. The predicted octanol–water partition coefficient (Wildman–Crippen LogP) is 3.47. The van der Waals surface area contributed by atoms with Gasteiger partial charge in [0, 0.05) is 5.56 Å². The van der Waals surface area contributed by atoms with Crippen molar-refractivity contribution >= 4 is 27.8 Å². The van der Waals surface area contributed by atoms with E-state index in [-0.39, 0.29) is 0 Å². The van der Waals surface area contributed by atoms with Gasteiger partial charge in [-0.1, -0.05) is 48.5 Å². The van der Waals surface area contributed by atoms with E-state index in [9.17, 15) is 0 Å². The Morgan fingerprint density at radius 2 is 1.38 bits per heavy atom. The monoisotopic (exact) mass is 272 g/mol. The Hall–Kier alpha value is -3.01. The summed E-state index contributed by atoms with van der Waals surface area (Å²) in [5.74, 6) is 0. The molecule has 1 aromatic heterocycles. The van der Waals surface area contributed by atoms with E-state index in [4.69, 9.17) is 0 Å². The number of fused-ring (bicyclic) bond motifs is 2. The predicted molar refractivity (Wildman–Crippen MR) is 84.5 cm³/mol. The van der Waals surface area contributed by atoms with Gasteiger partial charge in [-0.25, -0.2) is 4.68 Å². The van der Waals surface area contributed by atoms with Gasteiger partial charge in [0.25, 0.3) is 0 Å². The SMILES string of the molecule is C(=N\n1cnnc1)/c1c2ccccc2cc2ccccc12. The quantitative estimate of drug-likeness (QED) is 0.414. The zero-order chi connectivity index (χ0) is 14.1. The largest absolute Gasteiger partial charge is 0.208 e. The van der Waals surface area contributed by atoms with Gasteiger partial charge in [0.05, 0.1) is 6.21 Å². The zero-order valence-electron chi connectivity index (χ0n) is 11.2. The van der Waals surface area contributed by atoms with Crippen molar-refractivity contribution in [1.82, 2.24) is 14.9 Å². The summed E-state index contributed by atoms with van der Waals surface area (Å²) in [6.07, 6.45) is 5.02. The van der Waals surface area contributed by atoms with Crippen LogP contribution >= 0.6 is 0 Å². The molecule has 4 nitrogen and oxygen atoms in total. The van der Waals surface area contributed by atoms with E-state index in [1.54, 1.807) is 17.3 Å². The smallest absolute Gasteiger partial charge is 0.141 e. The van der Waals surface area contributed by atoms with Crippen molar-refractivity contribution in [2.75, 3.05) is 0 Å². The minimum absolute atomic E-state index is 1.11. The molecule has 0 bridgehead atoms. The maximum Gasteiger partial charge on any atom is 0.141 e. The fraction of sp³-hybridized carbons (Fsp3) is 0. The van der Waals surface area contributed by atoms with E-state index in [0.29, 0.717) is 0 Å². The van der Waals surface area contributed by atoms with Crippen LogP contribution in [0, 0.1) is 0 Å². The number of hydrogen-bond acceptors (Lipinski definition) is 3. The maximum atomic E-state index is 4.40. The third-order valence-corrected chi connectivity index (χ3v) is 3.54. The van der Waals surface area contributed by atoms with Crippen molar-refractivity contribution in [2.24, 2.45) is 5.10 Å². The molecule has 0 unspecified atom stereocenters. The Balaban J connectivity index is 2.02. The second-order valence-corrected chi connectivity index (χ2v) is 4.82. The first-order chi connectivity index (χ1) is 10.4. The lowest BCUT2D eigenvalue weighted by molar-refractivity contribution is 0.879. The summed E-state index contributed by atoms with van der Waals surface area (Å²) >= 11 is 0. The second-order valence-electron chi connectivity index (χ2n) is 4.82. The van der Waals surface area contributed by atoms with Crippen LogP contribution in [0.2, 0.25) is 0 Å². The number of nitrogens with zero attached hydrogens (tertiary/aromatic N) is 4. The summed E-state index contributed by atoms with van der Waals surface area (Å²) in [5, 5.41) is 16.7. The molecular formula is C17H12N4. The normalized spacial score (nSPS) is 11.6. The summed E-state index contributed by atoms with van der Waals surface area (Å²) in [5.41, 5.74) is 1.11. The maximum absolute atomic E-state index is 4.40. The summed E-state index contributed by atoms with van der Waals surface area (Å²) in [7, 11) is 0. The molecule has 0 N–H and O–H groups in total. The Labute approximate surface area is 121 Å². The molecule has 1 heterocycles. The number of hydrogen-bond donors (Lipinski definition) is 0. The van der Waals surface area contributed by atoms with E-state index >= 15 is 0 Å². The van der Waals surface area contributed by atoms with Crippen molar-refractivity contribution in [1.29, 1.82) is 0 Å². The number of aromatic nitrogens is 3. The molecule has 0 aliphatic rings. The highest BCUT2D eigenvalue weighted by molar-refractivity contribution is 6.13. The molecule has 0 aliphatic carbocycles. The molecule has 0 atom stereocenters. The van der Waals surface area contributed by atoms with Gasteiger partial charge < -0.3 is 0 Å². The summed E-state index contributed by atoms with van der Waals surface area (Å²) in [4.78, 5) is 0. The lowest BCUT2D eigenvalue weighted by atomic mass is 9.97. The summed E-state index contributed by atoms with van der Waals surface area (Å²) < 4.78 is 1.59. The van der Waals surface area contributed by atoms with Crippen molar-refractivity contribution in [3.63, 3.8) is 0 Å². The van der Waals surface area contributed by atoms with Crippen molar-refractivity contribution < 1.29 is 0 Å². The highest BCUT2D eigenvalue weighted by Crippen LogP contribution is 2.27. The molecule has 0 aliphatic heterocycles. The lowest BCUT2D eigenvalue weighted by Gasteiger charge is -2.07. The Morgan fingerprint density at radius 1 is 0.810 bits per heavy atom. The molecule has 0 spiro atoms. The molecule has 0 radical (unpaired) electrons. The van der Waals surface area contributed by atoms with Gasteiger partial charge in [-0.05, 0) is 27.6 Å². The first-order valence-electron chi connectivity index (χ1n) is 6.71. The van der Waals surface area contributed by atoms with Gasteiger partial charge in [-0.3, -0.25) is 0 Å². The van der Waals surface area contributed by atoms with E-state index in [0.717, 1.165) is 5.56 Å². The Bertz CT molecular complexity index is 886. The molecule has 4 rings (SSSR count). The third kappa shape index (κ3) is 2.07. The van der Waals surface area contributed by atoms with Gasteiger partial charge in [0.2, 0.25) is 0 Å². The van der Waals surface area contributed by atoms with Crippen LogP contribution in [-0.2, 0) is 0 Å². The molecule has 4 aromatic rings. The van der Waals surface area contributed by atoms with Crippen molar-refractivity contribution in [3.8, 4) is 0 Å². The van der Waals surface area contributed by atoms with Gasteiger partial charge in [0.1, 0.15) is 12.7 Å². The van der Waals surface area contributed by atoms with Crippen LogP contribution in [-0.4, -0.2) is 21.1 Å². The van der Waals surface area contributed by atoms with E-state index in [1.165, 1.54) is 21.5 Å². The lowest BCUT2D eigenvalue weighted by Crippen LogP contribution is -1.91. The molecule has 0 saturated heterocycles. The van der Waals surface area contributed by atoms with Crippen LogP contribution < -0.4 is 0 Å². The number of rotatable bonds is 2. The first-order valence-corrected chi connectivity index (χ1v) is 6.71. The second kappa shape index (κ2) is 4.83. The average Bonchev–Trinajstić information content (AvgIpc) is 3.05. The highest BCUT2D eigenvalue weighted by Gasteiger charge is 2.05. The van der Waals surface area contributed by atoms with Crippen LogP contribution in [0.1, 0.15) is 5.56 Å². The van der Waals surface area contributed by atoms with Crippen LogP contribution in [0.5, 0.6) is 0 Å². The molecule has 100 valence electrons. The fourth-order valence-corrected chi connectivity index (χ4v) is 2.57. The molecule has 21 heavy (non-hydrogen) atoms. The molecular weight excluding hydrogens is 260 g/mol. The average molecular weight is 272 g/mol. The topological polar surface area (TPSA) is 43.1 Å². The molecule has 0 saturated carbocycles. The van der Waals surface area contributed by atoms with Crippen molar-refractivity contribution in [2.45, 2.75) is 0 Å². The van der Waals surface area contributed by atoms with E-state index in [2.05, 4.69) is 57.8 Å². The molecule has 4 heteroatoms. The highest BCUT2D eigenvalue weighted by atomic mass is 15.4. The van der Waals surface area contributed by atoms with Gasteiger partial charge >= 0.3 is 0 Å². The van der Waals surface area contributed by atoms with E-state index in [1.807, 2.05) is 18.3 Å². The van der Waals surface area contributed by atoms with Crippen LogP contribution in [0.4, 0.5) is 0 Å². The fourth-order valence-electron chi connectivity index (χ4n) is 2.57. The standard InChI is InChI=1S/C17H12N4/c1-3-7-15-13(5-1)9-14-6-2-4-8-16(14)17(15)10-20-21-11-18-19-12-21/h1-12H/b20-10+. The summed E-state index contributed by atoms with van der Waals surface area (Å²) in [6, 6.07) is 18.9. The zero-order valence-corrected chi connectivity index (χ0v) is 11.2. The number of benzene rings is 3. The van der Waals surface area contributed by atoms with Crippen molar-refractivity contribution in [3.05, 3.63) is 72.8 Å². The van der Waals surface area contributed by atoms with E-state index < -0.39 is 0 Å². The Morgan fingerprint density at radius 3 is 2.00 bits per heavy atom. The van der Waals surface area contributed by atoms with Gasteiger partial charge in [-0.15, -0.1) is 10.2 Å². The summed E-state index contributed by atoms with van der Waals surface area (Å²) in [6.45, 7) is 0. The minimum atomic E-state index is 1.11. The molecule has 3 aromatic carbocycles. The van der Waals surface area contributed by atoms with Gasteiger partial charge in [-0.2, -0.15) is 5.10 Å². The van der Waals surface area contributed by atoms with Crippen LogP contribution in [0.3, 0.4) is 0 Å². The molecule has 0 amide bonds. The van der Waals surface area contributed by atoms with Crippen LogP contribution in [0.25, 0.3) is 21.5 Å². The third-order valence-electron chi connectivity index (χ3n) is 3.54. The van der Waals surface area contributed by atoms with Crippen LogP contribution in [0.15, 0.2) is 72.4 Å². The Kier molecular flexibility index (Phi) is 2.71.